The molecule has 6 heteroatoms. The number of carbonyl (C=O) groups is 1. The zero-order valence-electron chi connectivity index (χ0n) is 14.3. The van der Waals surface area contributed by atoms with Crippen LogP contribution in [0, 0.1) is 0 Å². The number of halogens is 2. The zero-order valence-corrected chi connectivity index (χ0v) is 15.8. The van der Waals surface area contributed by atoms with Gasteiger partial charge in [-0.1, -0.05) is 29.3 Å². The first-order valence-corrected chi connectivity index (χ1v) is 8.91. The van der Waals surface area contributed by atoms with Gasteiger partial charge in [0.25, 0.3) is 0 Å². The molecule has 3 unspecified atom stereocenters. The molecule has 1 heterocycles. The summed E-state index contributed by atoms with van der Waals surface area (Å²) in [7, 11) is 0. The maximum Gasteiger partial charge on any atom is 0.244 e. The van der Waals surface area contributed by atoms with E-state index in [2.05, 4.69) is 31.0 Å². The molecule has 1 aliphatic heterocycles. The van der Waals surface area contributed by atoms with Gasteiger partial charge in [-0.15, -0.1) is 0 Å². The molecule has 1 saturated heterocycles. The van der Waals surface area contributed by atoms with E-state index in [9.17, 15) is 4.79 Å². The van der Waals surface area contributed by atoms with E-state index in [1.807, 2.05) is 0 Å². The molecule has 132 valence electrons. The largest absolute Gasteiger partial charge is 0.373 e. The topological polar surface area (TPSA) is 41.6 Å². The minimum absolute atomic E-state index is 0.137. The van der Waals surface area contributed by atoms with Gasteiger partial charge < -0.3 is 10.1 Å². The van der Waals surface area contributed by atoms with Crippen LogP contribution in [0.2, 0.25) is 10.0 Å². The number of rotatable bonds is 5. The molecular weight excluding hydrogens is 347 g/mol. The van der Waals surface area contributed by atoms with Crippen molar-refractivity contribution < 1.29 is 9.53 Å². The monoisotopic (exact) mass is 370 g/mol. The van der Waals surface area contributed by atoms with Crippen LogP contribution in [0.25, 0.3) is 6.08 Å². The Morgan fingerprint density at radius 2 is 2.04 bits per heavy atom. The second kappa shape index (κ2) is 8.86. The minimum Gasteiger partial charge on any atom is -0.373 e. The van der Waals surface area contributed by atoms with Crippen LogP contribution in [0.1, 0.15) is 26.3 Å². The Labute approximate surface area is 153 Å². The molecule has 1 N–H and O–H groups in total. The molecule has 0 aliphatic carbocycles. The van der Waals surface area contributed by atoms with E-state index in [0.717, 1.165) is 18.7 Å². The van der Waals surface area contributed by atoms with E-state index < -0.39 is 0 Å². The lowest BCUT2D eigenvalue weighted by molar-refractivity contribution is -0.117. The summed E-state index contributed by atoms with van der Waals surface area (Å²) >= 11 is 11.9. The standard InChI is InChI=1S/C18H24Cl2N2O2/c1-12(22-10-13(2)24-14(3)11-22)9-21-18(23)7-5-15-4-6-16(19)8-17(15)20/h4-8,12-14H,9-11H2,1-3H3,(H,21,23)/b7-5+. The number of benzene rings is 1. The molecule has 0 aromatic heterocycles. The van der Waals surface area contributed by atoms with E-state index >= 15 is 0 Å². The first kappa shape index (κ1) is 19.3. The molecule has 0 saturated carbocycles. The van der Waals surface area contributed by atoms with Gasteiger partial charge in [-0.3, -0.25) is 9.69 Å². The van der Waals surface area contributed by atoms with Crippen molar-refractivity contribution in [3.8, 4) is 0 Å². The van der Waals surface area contributed by atoms with Crippen molar-refractivity contribution in [3.05, 3.63) is 39.9 Å². The van der Waals surface area contributed by atoms with Crippen LogP contribution in [0.4, 0.5) is 0 Å². The average Bonchev–Trinajstić information content (AvgIpc) is 2.50. The predicted octanol–water partition coefficient (Wildman–Crippen LogP) is 3.62. The fourth-order valence-electron chi connectivity index (χ4n) is 2.82. The second-order valence-electron chi connectivity index (χ2n) is 6.30. The maximum absolute atomic E-state index is 12.0. The molecule has 1 fully saturated rings. The Bertz CT molecular complexity index is 597. The van der Waals surface area contributed by atoms with Gasteiger partial charge in [-0.05, 0) is 44.5 Å². The third kappa shape index (κ3) is 5.78. The van der Waals surface area contributed by atoms with Crippen molar-refractivity contribution in [1.29, 1.82) is 0 Å². The molecule has 1 aromatic carbocycles. The number of amides is 1. The lowest BCUT2D eigenvalue weighted by Crippen LogP contribution is -2.52. The van der Waals surface area contributed by atoms with Crippen molar-refractivity contribution in [1.82, 2.24) is 10.2 Å². The van der Waals surface area contributed by atoms with Gasteiger partial charge >= 0.3 is 0 Å². The number of hydrogen-bond acceptors (Lipinski definition) is 3. The van der Waals surface area contributed by atoms with E-state index in [1.165, 1.54) is 6.08 Å². The Balaban J connectivity index is 1.83. The lowest BCUT2D eigenvalue weighted by Gasteiger charge is -2.38. The van der Waals surface area contributed by atoms with Gasteiger partial charge in [0.05, 0.1) is 12.2 Å². The summed E-state index contributed by atoms with van der Waals surface area (Å²) in [6.07, 6.45) is 3.63. The maximum atomic E-state index is 12.0. The summed E-state index contributed by atoms with van der Waals surface area (Å²) < 4.78 is 5.74. The van der Waals surface area contributed by atoms with Crippen LogP contribution in [0.5, 0.6) is 0 Å². The van der Waals surface area contributed by atoms with Gasteiger partial charge in [0.2, 0.25) is 5.91 Å². The van der Waals surface area contributed by atoms with Crippen LogP contribution < -0.4 is 5.32 Å². The number of nitrogens with zero attached hydrogens (tertiary/aromatic N) is 1. The quantitative estimate of drug-likeness (QED) is 0.804. The molecule has 2 rings (SSSR count). The Morgan fingerprint density at radius 1 is 1.38 bits per heavy atom. The summed E-state index contributed by atoms with van der Waals surface area (Å²) in [6, 6.07) is 5.44. The number of morpholine rings is 1. The van der Waals surface area contributed by atoms with Gasteiger partial charge in [0.1, 0.15) is 0 Å². The number of carbonyl (C=O) groups excluding carboxylic acids is 1. The molecular formula is C18H24Cl2N2O2. The minimum atomic E-state index is -0.137. The van der Waals surface area contributed by atoms with Crippen LogP contribution in [-0.4, -0.2) is 48.7 Å². The summed E-state index contributed by atoms with van der Waals surface area (Å²) in [5.41, 5.74) is 0.764. The summed E-state index contributed by atoms with van der Waals surface area (Å²) in [5.74, 6) is -0.137. The molecule has 0 radical (unpaired) electrons. The SMILES string of the molecule is CC1CN(C(C)CNC(=O)/C=C/c2ccc(Cl)cc2Cl)CC(C)O1. The normalized spacial score (nSPS) is 23.4. The van der Waals surface area contributed by atoms with Crippen LogP contribution in [0.3, 0.4) is 0 Å². The van der Waals surface area contributed by atoms with Crippen molar-refractivity contribution in [2.75, 3.05) is 19.6 Å². The number of ether oxygens (including phenoxy) is 1. The van der Waals surface area contributed by atoms with Crippen LogP contribution in [-0.2, 0) is 9.53 Å². The van der Waals surface area contributed by atoms with Gasteiger partial charge in [0.15, 0.2) is 0 Å². The molecule has 0 bridgehead atoms. The molecule has 24 heavy (non-hydrogen) atoms. The van der Waals surface area contributed by atoms with Crippen molar-refractivity contribution in [3.63, 3.8) is 0 Å². The highest BCUT2D eigenvalue weighted by Gasteiger charge is 2.25. The van der Waals surface area contributed by atoms with Gasteiger partial charge in [0, 0.05) is 41.8 Å². The predicted molar refractivity (Wildman–Crippen MR) is 99.5 cm³/mol. The molecule has 1 aliphatic rings. The number of hydrogen-bond donors (Lipinski definition) is 1. The molecule has 3 atom stereocenters. The summed E-state index contributed by atoms with van der Waals surface area (Å²) in [6.45, 7) is 8.64. The smallest absolute Gasteiger partial charge is 0.244 e. The first-order chi connectivity index (χ1) is 11.3. The highest BCUT2D eigenvalue weighted by atomic mass is 35.5. The van der Waals surface area contributed by atoms with Gasteiger partial charge in [-0.2, -0.15) is 0 Å². The van der Waals surface area contributed by atoms with Crippen LogP contribution in [0.15, 0.2) is 24.3 Å². The zero-order chi connectivity index (χ0) is 17.7. The Kier molecular flexibility index (Phi) is 7.11. The Hall–Kier alpha value is -1.07. The fourth-order valence-corrected chi connectivity index (χ4v) is 3.29. The lowest BCUT2D eigenvalue weighted by atomic mass is 10.1. The van der Waals surface area contributed by atoms with E-state index in [4.69, 9.17) is 27.9 Å². The van der Waals surface area contributed by atoms with E-state index in [0.29, 0.717) is 16.6 Å². The van der Waals surface area contributed by atoms with Crippen molar-refractivity contribution in [2.45, 2.75) is 39.0 Å². The highest BCUT2D eigenvalue weighted by Crippen LogP contribution is 2.21. The van der Waals surface area contributed by atoms with E-state index in [-0.39, 0.29) is 24.2 Å². The molecule has 4 nitrogen and oxygen atoms in total. The number of nitrogens with one attached hydrogen (secondary N) is 1. The summed E-state index contributed by atoms with van der Waals surface area (Å²) in [4.78, 5) is 14.3. The van der Waals surface area contributed by atoms with Gasteiger partial charge in [-0.25, -0.2) is 0 Å². The molecule has 1 aromatic rings. The average molecular weight is 371 g/mol. The van der Waals surface area contributed by atoms with Crippen molar-refractivity contribution >= 4 is 35.2 Å². The summed E-state index contributed by atoms with van der Waals surface area (Å²) in [5, 5.41) is 4.03. The third-order valence-corrected chi connectivity index (χ3v) is 4.58. The fraction of sp³-hybridized carbons (Fsp3) is 0.500. The highest BCUT2D eigenvalue weighted by molar-refractivity contribution is 6.35. The molecule has 0 spiro atoms. The Morgan fingerprint density at radius 3 is 2.67 bits per heavy atom. The van der Waals surface area contributed by atoms with Crippen molar-refractivity contribution in [2.24, 2.45) is 0 Å². The second-order valence-corrected chi connectivity index (χ2v) is 7.15. The van der Waals surface area contributed by atoms with Crippen LogP contribution >= 0.6 is 23.2 Å². The van der Waals surface area contributed by atoms with E-state index in [1.54, 1.807) is 24.3 Å². The first-order valence-electron chi connectivity index (χ1n) is 8.15. The molecule has 1 amide bonds. The third-order valence-electron chi connectivity index (χ3n) is 4.02.